The van der Waals surface area contributed by atoms with Crippen LogP contribution in [0, 0.1) is 5.82 Å². The van der Waals surface area contributed by atoms with Crippen LogP contribution in [0.15, 0.2) is 102 Å². The van der Waals surface area contributed by atoms with E-state index >= 15 is 0 Å². The van der Waals surface area contributed by atoms with Gasteiger partial charge in [0.25, 0.3) is 11.1 Å². The lowest BCUT2D eigenvalue weighted by Gasteiger charge is -2.14. The number of rotatable bonds is 5. The third kappa shape index (κ3) is 4.10. The zero-order valence-corrected chi connectivity index (χ0v) is 20.0. The summed E-state index contributed by atoms with van der Waals surface area (Å²) >= 11 is 0.972. The molecule has 0 aliphatic carbocycles. The molecular weight excluding hydrogens is 471 g/mol. The Morgan fingerprint density at radius 1 is 0.778 bits per heavy atom. The topological polar surface area (TPSA) is 42.3 Å². The fourth-order valence-corrected chi connectivity index (χ4v) is 5.51. The molecule has 5 aromatic rings. The molecule has 4 aromatic carbocycles. The molecule has 0 radical (unpaired) electrons. The molecule has 1 aliphatic heterocycles. The number of hydrogen-bond donors (Lipinski definition) is 0. The maximum Gasteiger partial charge on any atom is 0.293 e. The van der Waals surface area contributed by atoms with Crippen LogP contribution in [0.25, 0.3) is 27.8 Å². The van der Waals surface area contributed by atoms with Gasteiger partial charge in [-0.2, -0.15) is 0 Å². The zero-order chi connectivity index (χ0) is 24.6. The normalized spacial score (nSPS) is 15.0. The average Bonchev–Trinajstić information content (AvgIpc) is 3.37. The number of thioether (sulfide) groups is 1. The lowest BCUT2D eigenvalue weighted by Crippen LogP contribution is -2.27. The highest BCUT2D eigenvalue weighted by atomic mass is 32.2. The predicted molar refractivity (Wildman–Crippen MR) is 143 cm³/mol. The molecule has 1 fully saturated rings. The number of carbonyl (C=O) groups excluding carboxylic acids is 2. The summed E-state index contributed by atoms with van der Waals surface area (Å²) in [5, 5.41) is 2.83. The standard InChI is InChI=1S/C30H21FN2O2S/c31-24-14-12-20(13-15-24)17-32-18-23(26-10-3-4-11-27(26)32)16-28-29(34)33(30(35)36-28)19-22-8-5-7-21-6-1-2-9-25(21)22/h1-16,18H,17,19H2/b28-16-. The van der Waals surface area contributed by atoms with Gasteiger partial charge in [-0.1, -0.05) is 72.8 Å². The number of fused-ring (bicyclic) bond motifs is 2. The van der Waals surface area contributed by atoms with E-state index in [1.165, 1.54) is 17.0 Å². The number of aromatic nitrogens is 1. The van der Waals surface area contributed by atoms with Gasteiger partial charge in [0, 0.05) is 29.2 Å². The van der Waals surface area contributed by atoms with E-state index in [2.05, 4.69) is 4.57 Å². The Hall–Kier alpha value is -4.16. The van der Waals surface area contributed by atoms with Crippen LogP contribution < -0.4 is 0 Å². The average molecular weight is 493 g/mol. The maximum absolute atomic E-state index is 13.3. The molecule has 0 bridgehead atoms. The van der Waals surface area contributed by atoms with Crippen molar-refractivity contribution in [3.63, 3.8) is 0 Å². The molecule has 6 rings (SSSR count). The SMILES string of the molecule is O=C1S/C(=C\c2cn(Cc3ccc(F)cc3)c3ccccc23)C(=O)N1Cc1cccc2ccccc12. The van der Waals surface area contributed by atoms with Crippen LogP contribution in [0.1, 0.15) is 16.7 Å². The molecule has 176 valence electrons. The first-order chi connectivity index (χ1) is 17.6. The van der Waals surface area contributed by atoms with Crippen LogP contribution in [-0.2, 0) is 17.9 Å². The maximum atomic E-state index is 13.3. The number of halogens is 1. The van der Waals surface area contributed by atoms with Crippen molar-refractivity contribution in [2.45, 2.75) is 13.1 Å². The molecule has 2 amide bonds. The second kappa shape index (κ2) is 9.13. The van der Waals surface area contributed by atoms with Gasteiger partial charge in [0.05, 0.1) is 11.4 Å². The molecule has 6 heteroatoms. The summed E-state index contributed by atoms with van der Waals surface area (Å²) in [6, 6.07) is 28.3. The molecule has 36 heavy (non-hydrogen) atoms. The Balaban J connectivity index is 1.32. The highest BCUT2D eigenvalue weighted by Crippen LogP contribution is 2.36. The van der Waals surface area contributed by atoms with Crippen molar-refractivity contribution in [2.24, 2.45) is 0 Å². The fraction of sp³-hybridized carbons (Fsp3) is 0.0667. The van der Waals surface area contributed by atoms with Gasteiger partial charge < -0.3 is 4.57 Å². The van der Waals surface area contributed by atoms with Gasteiger partial charge in [-0.3, -0.25) is 14.5 Å². The Morgan fingerprint density at radius 2 is 1.50 bits per heavy atom. The van der Waals surface area contributed by atoms with Crippen molar-refractivity contribution in [1.29, 1.82) is 0 Å². The lowest BCUT2D eigenvalue weighted by molar-refractivity contribution is -0.123. The molecular formula is C30H21FN2O2S. The Labute approximate surface area is 211 Å². The smallest absolute Gasteiger partial charge is 0.293 e. The summed E-state index contributed by atoms with van der Waals surface area (Å²) in [4.78, 5) is 27.9. The van der Waals surface area contributed by atoms with Gasteiger partial charge in [0.2, 0.25) is 0 Å². The summed E-state index contributed by atoms with van der Waals surface area (Å²) in [6.07, 6.45) is 3.78. The van der Waals surface area contributed by atoms with Crippen LogP contribution in [-0.4, -0.2) is 20.6 Å². The molecule has 0 spiro atoms. The largest absolute Gasteiger partial charge is 0.342 e. The highest BCUT2D eigenvalue weighted by molar-refractivity contribution is 8.18. The van der Waals surface area contributed by atoms with Crippen molar-refractivity contribution >= 4 is 50.7 Å². The van der Waals surface area contributed by atoms with Crippen molar-refractivity contribution in [1.82, 2.24) is 9.47 Å². The van der Waals surface area contributed by atoms with Gasteiger partial charge in [-0.25, -0.2) is 4.39 Å². The number of para-hydroxylation sites is 1. The van der Waals surface area contributed by atoms with E-state index in [9.17, 15) is 14.0 Å². The number of carbonyl (C=O) groups is 2. The van der Waals surface area contributed by atoms with Crippen LogP contribution in [0.5, 0.6) is 0 Å². The van der Waals surface area contributed by atoms with Crippen molar-refractivity contribution in [3.05, 3.63) is 125 Å². The summed E-state index contributed by atoms with van der Waals surface area (Å²) in [6.45, 7) is 0.798. The Morgan fingerprint density at radius 3 is 2.33 bits per heavy atom. The lowest BCUT2D eigenvalue weighted by atomic mass is 10.0. The van der Waals surface area contributed by atoms with E-state index in [1.807, 2.05) is 72.9 Å². The van der Waals surface area contributed by atoms with Gasteiger partial charge in [-0.15, -0.1) is 0 Å². The second-order valence-electron chi connectivity index (χ2n) is 8.76. The fourth-order valence-electron chi connectivity index (χ4n) is 4.69. The van der Waals surface area contributed by atoms with Crippen molar-refractivity contribution < 1.29 is 14.0 Å². The summed E-state index contributed by atoms with van der Waals surface area (Å²) in [5.41, 5.74) is 3.78. The number of nitrogens with zero attached hydrogens (tertiary/aromatic N) is 2. The summed E-state index contributed by atoms with van der Waals surface area (Å²) in [7, 11) is 0. The molecule has 0 N–H and O–H groups in total. The van der Waals surface area contributed by atoms with E-state index in [4.69, 9.17) is 0 Å². The molecule has 0 atom stereocenters. The van der Waals surface area contributed by atoms with Crippen LogP contribution >= 0.6 is 11.8 Å². The quantitative estimate of drug-likeness (QED) is 0.243. The number of imide groups is 1. The zero-order valence-electron chi connectivity index (χ0n) is 19.2. The van der Waals surface area contributed by atoms with E-state index in [1.54, 1.807) is 18.2 Å². The minimum Gasteiger partial charge on any atom is -0.342 e. The predicted octanol–water partition coefficient (Wildman–Crippen LogP) is 7.22. The van der Waals surface area contributed by atoms with Crippen LogP contribution in [0.3, 0.4) is 0 Å². The minimum absolute atomic E-state index is 0.232. The van der Waals surface area contributed by atoms with Gasteiger partial charge in [0.15, 0.2) is 0 Å². The Bertz CT molecular complexity index is 1660. The van der Waals surface area contributed by atoms with Gasteiger partial charge in [0.1, 0.15) is 5.82 Å². The van der Waals surface area contributed by atoms with E-state index < -0.39 is 0 Å². The van der Waals surface area contributed by atoms with Crippen LogP contribution in [0.4, 0.5) is 9.18 Å². The number of benzene rings is 4. The first-order valence-corrected chi connectivity index (χ1v) is 12.4. The van der Waals surface area contributed by atoms with E-state index in [-0.39, 0.29) is 23.5 Å². The summed E-state index contributed by atoms with van der Waals surface area (Å²) < 4.78 is 15.4. The third-order valence-electron chi connectivity index (χ3n) is 6.45. The van der Waals surface area contributed by atoms with Crippen LogP contribution in [0.2, 0.25) is 0 Å². The molecule has 1 aromatic heterocycles. The second-order valence-corrected chi connectivity index (χ2v) is 9.76. The number of hydrogen-bond acceptors (Lipinski definition) is 3. The Kier molecular flexibility index (Phi) is 5.66. The highest BCUT2D eigenvalue weighted by Gasteiger charge is 2.35. The number of amides is 2. The molecule has 0 saturated carbocycles. The first kappa shape index (κ1) is 22.3. The minimum atomic E-state index is -0.284. The monoisotopic (exact) mass is 492 g/mol. The van der Waals surface area contributed by atoms with E-state index in [0.29, 0.717) is 11.4 Å². The molecule has 0 unspecified atom stereocenters. The molecule has 1 aliphatic rings. The van der Waals surface area contributed by atoms with Gasteiger partial charge >= 0.3 is 0 Å². The first-order valence-electron chi connectivity index (χ1n) is 11.6. The van der Waals surface area contributed by atoms with Gasteiger partial charge in [-0.05, 0) is 57.9 Å². The molecule has 4 nitrogen and oxygen atoms in total. The molecule has 2 heterocycles. The summed E-state index contributed by atoms with van der Waals surface area (Å²) in [5.74, 6) is -0.552. The van der Waals surface area contributed by atoms with Crippen molar-refractivity contribution in [2.75, 3.05) is 0 Å². The molecule has 1 saturated heterocycles. The van der Waals surface area contributed by atoms with E-state index in [0.717, 1.165) is 50.1 Å². The van der Waals surface area contributed by atoms with Crippen molar-refractivity contribution in [3.8, 4) is 0 Å². The third-order valence-corrected chi connectivity index (χ3v) is 7.36.